The lowest BCUT2D eigenvalue weighted by atomic mass is 9.93. The lowest BCUT2D eigenvalue weighted by Crippen LogP contribution is -2.56. The van der Waals surface area contributed by atoms with Gasteiger partial charge in [-0.2, -0.15) is 0 Å². The molecule has 0 aromatic carbocycles. The van der Waals surface area contributed by atoms with Gasteiger partial charge in [-0.15, -0.1) is 0 Å². The second-order valence-electron chi connectivity index (χ2n) is 5.04. The third kappa shape index (κ3) is 2.74. The molecule has 4 heteroatoms. The number of ether oxygens (including phenoxy) is 1. The standard InChI is InChI=1S/C12H25N3O/c1-2-15-7-8-16-11(9-15)12(14-13)10-5-3-4-6-10/h10-12,14H,2-9,13H2,1H3. The molecule has 4 nitrogen and oxygen atoms in total. The Morgan fingerprint density at radius 3 is 2.81 bits per heavy atom. The summed E-state index contributed by atoms with van der Waals surface area (Å²) >= 11 is 0. The second-order valence-corrected chi connectivity index (χ2v) is 5.04. The van der Waals surface area contributed by atoms with Crippen LogP contribution < -0.4 is 11.3 Å². The minimum absolute atomic E-state index is 0.279. The summed E-state index contributed by atoms with van der Waals surface area (Å²) in [5.41, 5.74) is 3.01. The summed E-state index contributed by atoms with van der Waals surface area (Å²) in [6, 6.07) is 0.344. The zero-order chi connectivity index (χ0) is 11.4. The zero-order valence-electron chi connectivity index (χ0n) is 10.3. The van der Waals surface area contributed by atoms with Crippen molar-refractivity contribution in [2.75, 3.05) is 26.2 Å². The largest absolute Gasteiger partial charge is 0.374 e. The van der Waals surface area contributed by atoms with Crippen molar-refractivity contribution in [1.82, 2.24) is 10.3 Å². The monoisotopic (exact) mass is 227 g/mol. The molecule has 0 spiro atoms. The molecule has 1 aliphatic heterocycles. The van der Waals surface area contributed by atoms with Gasteiger partial charge in [0.1, 0.15) is 0 Å². The average Bonchev–Trinajstić information content (AvgIpc) is 2.84. The Kier molecular flexibility index (Phi) is 4.58. The molecule has 2 atom stereocenters. The van der Waals surface area contributed by atoms with Gasteiger partial charge in [-0.1, -0.05) is 19.8 Å². The molecule has 1 saturated heterocycles. The van der Waals surface area contributed by atoms with Crippen LogP contribution in [0.3, 0.4) is 0 Å². The molecule has 0 radical (unpaired) electrons. The van der Waals surface area contributed by atoms with Crippen LogP contribution in [0.25, 0.3) is 0 Å². The molecule has 94 valence electrons. The number of hydrogen-bond acceptors (Lipinski definition) is 4. The molecule has 1 saturated carbocycles. The van der Waals surface area contributed by atoms with Crippen molar-refractivity contribution in [3.63, 3.8) is 0 Å². The molecule has 2 unspecified atom stereocenters. The predicted molar refractivity (Wildman–Crippen MR) is 64.9 cm³/mol. The van der Waals surface area contributed by atoms with Gasteiger partial charge in [0.05, 0.1) is 18.8 Å². The van der Waals surface area contributed by atoms with Gasteiger partial charge in [0.2, 0.25) is 0 Å². The molecule has 2 rings (SSSR count). The number of likely N-dealkylation sites (N-methyl/N-ethyl adjacent to an activating group) is 1. The van der Waals surface area contributed by atoms with Crippen molar-refractivity contribution >= 4 is 0 Å². The number of rotatable bonds is 4. The molecule has 3 N–H and O–H groups in total. The van der Waals surface area contributed by atoms with Crippen LogP contribution >= 0.6 is 0 Å². The molecular weight excluding hydrogens is 202 g/mol. The normalized spacial score (nSPS) is 30.8. The van der Waals surface area contributed by atoms with E-state index in [1.807, 2.05) is 0 Å². The van der Waals surface area contributed by atoms with E-state index in [1.165, 1.54) is 25.7 Å². The number of morpholine rings is 1. The number of hydrazine groups is 1. The van der Waals surface area contributed by atoms with E-state index in [4.69, 9.17) is 10.6 Å². The van der Waals surface area contributed by atoms with Crippen LogP contribution in [0.15, 0.2) is 0 Å². The van der Waals surface area contributed by atoms with Crippen LogP contribution in [0, 0.1) is 5.92 Å². The van der Waals surface area contributed by atoms with Gasteiger partial charge in [0, 0.05) is 13.1 Å². The number of nitrogens with one attached hydrogen (secondary N) is 1. The summed E-state index contributed by atoms with van der Waals surface area (Å²) in [6.45, 7) is 6.27. The van der Waals surface area contributed by atoms with E-state index in [0.29, 0.717) is 12.0 Å². The topological polar surface area (TPSA) is 50.5 Å². The Balaban J connectivity index is 1.91. The van der Waals surface area contributed by atoms with E-state index in [9.17, 15) is 0 Å². The van der Waals surface area contributed by atoms with Gasteiger partial charge in [-0.25, -0.2) is 0 Å². The lowest BCUT2D eigenvalue weighted by Gasteiger charge is -2.38. The van der Waals surface area contributed by atoms with Gasteiger partial charge in [0.25, 0.3) is 0 Å². The van der Waals surface area contributed by atoms with E-state index >= 15 is 0 Å². The van der Waals surface area contributed by atoms with Crippen molar-refractivity contribution in [2.24, 2.45) is 11.8 Å². The summed E-state index contributed by atoms with van der Waals surface area (Å²) in [5.74, 6) is 6.44. The third-order valence-electron chi connectivity index (χ3n) is 4.13. The molecule has 2 aliphatic rings. The van der Waals surface area contributed by atoms with E-state index < -0.39 is 0 Å². The minimum atomic E-state index is 0.279. The van der Waals surface area contributed by atoms with Crippen LogP contribution in [-0.2, 0) is 4.74 Å². The van der Waals surface area contributed by atoms with E-state index in [-0.39, 0.29) is 6.10 Å². The zero-order valence-corrected chi connectivity index (χ0v) is 10.3. The summed E-state index contributed by atoms with van der Waals surface area (Å²) in [6.07, 6.45) is 5.60. The van der Waals surface area contributed by atoms with Gasteiger partial charge in [-0.3, -0.25) is 16.2 Å². The maximum absolute atomic E-state index is 5.89. The molecule has 1 aliphatic carbocycles. The average molecular weight is 227 g/mol. The van der Waals surface area contributed by atoms with E-state index in [1.54, 1.807) is 0 Å². The smallest absolute Gasteiger partial charge is 0.0871 e. The van der Waals surface area contributed by atoms with Crippen LogP contribution in [0.4, 0.5) is 0 Å². The molecular formula is C12H25N3O. The molecule has 16 heavy (non-hydrogen) atoms. The third-order valence-corrected chi connectivity index (χ3v) is 4.13. The summed E-state index contributed by atoms with van der Waals surface area (Å²) in [7, 11) is 0. The Morgan fingerprint density at radius 1 is 1.44 bits per heavy atom. The number of nitrogens with two attached hydrogens (primary N) is 1. The molecule has 2 fully saturated rings. The lowest BCUT2D eigenvalue weighted by molar-refractivity contribution is -0.0547. The molecule has 0 amide bonds. The van der Waals surface area contributed by atoms with E-state index in [0.717, 1.165) is 26.2 Å². The van der Waals surface area contributed by atoms with E-state index in [2.05, 4.69) is 17.2 Å². The van der Waals surface area contributed by atoms with Gasteiger partial charge in [-0.05, 0) is 25.3 Å². The molecule has 0 aromatic heterocycles. The highest BCUT2D eigenvalue weighted by Crippen LogP contribution is 2.30. The maximum atomic E-state index is 5.89. The Hall–Kier alpha value is -0.160. The van der Waals surface area contributed by atoms with Crippen LogP contribution in [0.5, 0.6) is 0 Å². The van der Waals surface area contributed by atoms with Crippen LogP contribution in [0.1, 0.15) is 32.6 Å². The summed E-state index contributed by atoms with van der Waals surface area (Å²) in [5, 5.41) is 0. The highest BCUT2D eigenvalue weighted by atomic mass is 16.5. The molecule has 0 aromatic rings. The SMILES string of the molecule is CCN1CCOC(C(NN)C2CCCC2)C1. The van der Waals surface area contributed by atoms with Crippen LogP contribution in [0.2, 0.25) is 0 Å². The minimum Gasteiger partial charge on any atom is -0.374 e. The Morgan fingerprint density at radius 2 is 2.19 bits per heavy atom. The fraction of sp³-hybridized carbons (Fsp3) is 1.00. The second kappa shape index (κ2) is 5.96. The van der Waals surface area contributed by atoms with Crippen LogP contribution in [-0.4, -0.2) is 43.3 Å². The highest BCUT2D eigenvalue weighted by molar-refractivity contribution is 4.88. The Bertz CT molecular complexity index is 206. The fourth-order valence-corrected chi connectivity index (χ4v) is 3.10. The van der Waals surface area contributed by atoms with Crippen molar-refractivity contribution in [1.29, 1.82) is 0 Å². The highest BCUT2D eigenvalue weighted by Gasteiger charge is 2.33. The quantitative estimate of drug-likeness (QED) is 0.549. The fourth-order valence-electron chi connectivity index (χ4n) is 3.10. The van der Waals surface area contributed by atoms with Gasteiger partial charge in [0.15, 0.2) is 0 Å². The maximum Gasteiger partial charge on any atom is 0.0871 e. The first-order chi connectivity index (χ1) is 7.85. The first kappa shape index (κ1) is 12.3. The number of nitrogens with zero attached hydrogens (tertiary/aromatic N) is 1. The van der Waals surface area contributed by atoms with Crippen molar-refractivity contribution in [3.8, 4) is 0 Å². The molecule has 0 bridgehead atoms. The number of hydrogen-bond donors (Lipinski definition) is 2. The Labute approximate surface area is 98.5 Å². The van der Waals surface area contributed by atoms with Crippen molar-refractivity contribution in [3.05, 3.63) is 0 Å². The van der Waals surface area contributed by atoms with Crippen molar-refractivity contribution in [2.45, 2.75) is 44.8 Å². The summed E-state index contributed by atoms with van der Waals surface area (Å²) in [4.78, 5) is 2.45. The predicted octanol–water partition coefficient (Wildman–Crippen LogP) is 0.729. The first-order valence-corrected chi connectivity index (χ1v) is 6.65. The van der Waals surface area contributed by atoms with Crippen molar-refractivity contribution < 1.29 is 4.74 Å². The molecule has 1 heterocycles. The van der Waals surface area contributed by atoms with Gasteiger partial charge >= 0.3 is 0 Å². The summed E-state index contributed by atoms with van der Waals surface area (Å²) < 4.78 is 5.89. The van der Waals surface area contributed by atoms with Gasteiger partial charge < -0.3 is 4.74 Å². The first-order valence-electron chi connectivity index (χ1n) is 6.65.